The van der Waals surface area contributed by atoms with Gasteiger partial charge in [-0.2, -0.15) is 0 Å². The molecule has 2 rings (SSSR count). The molecule has 0 spiro atoms. The molecule has 0 unspecified atom stereocenters. The van der Waals surface area contributed by atoms with Crippen molar-refractivity contribution >= 4 is 11.6 Å². The minimum atomic E-state index is -1.38. The quantitative estimate of drug-likeness (QED) is 0.185. The van der Waals surface area contributed by atoms with E-state index in [1.165, 1.54) is 27.7 Å². The first-order valence-electron chi connectivity index (χ1n) is 12.3. The number of Topliss-reactive ketones (excluding diaryl/α,β-unsaturated/α-hetero) is 2. The Morgan fingerprint density at radius 1 is 0.579 bits per heavy atom. The van der Waals surface area contributed by atoms with Gasteiger partial charge in [0.25, 0.3) is 0 Å². The summed E-state index contributed by atoms with van der Waals surface area (Å²) >= 11 is 0. The van der Waals surface area contributed by atoms with E-state index in [-0.39, 0.29) is 31.4 Å². The van der Waals surface area contributed by atoms with Crippen LogP contribution in [-0.4, -0.2) is 96.0 Å². The zero-order chi connectivity index (χ0) is 28.6. The van der Waals surface area contributed by atoms with Gasteiger partial charge >= 0.3 is 0 Å². The Hall–Kier alpha value is -2.86. The van der Waals surface area contributed by atoms with Crippen molar-refractivity contribution in [2.24, 2.45) is 0 Å². The Morgan fingerprint density at radius 3 is 1.29 bits per heavy atom. The van der Waals surface area contributed by atoms with E-state index < -0.39 is 11.2 Å². The van der Waals surface area contributed by atoms with Gasteiger partial charge in [0.2, 0.25) is 0 Å². The molecule has 10 heteroatoms. The topological polar surface area (TPSA) is 152 Å². The van der Waals surface area contributed by atoms with Crippen molar-refractivity contribution in [2.45, 2.75) is 38.9 Å². The Bertz CT molecular complexity index is 942. The van der Waals surface area contributed by atoms with Gasteiger partial charge in [-0.15, -0.1) is 0 Å². The Balaban J connectivity index is 0.000000399. The van der Waals surface area contributed by atoms with Crippen LogP contribution in [0.15, 0.2) is 48.5 Å². The first-order valence-corrected chi connectivity index (χ1v) is 12.3. The van der Waals surface area contributed by atoms with Gasteiger partial charge in [-0.05, 0) is 76.2 Å². The van der Waals surface area contributed by atoms with E-state index in [0.29, 0.717) is 55.7 Å². The fraction of sp³-hybridized carbons (Fsp3) is 0.500. The fourth-order valence-corrected chi connectivity index (χ4v) is 2.88. The highest BCUT2D eigenvalue weighted by Crippen LogP contribution is 2.18. The van der Waals surface area contributed by atoms with Crippen LogP contribution in [0.25, 0.3) is 0 Å². The second kappa shape index (κ2) is 16.9. The van der Waals surface area contributed by atoms with Crippen LogP contribution in [0.2, 0.25) is 0 Å². The second-order valence-corrected chi connectivity index (χ2v) is 9.19. The van der Waals surface area contributed by atoms with Crippen LogP contribution < -0.4 is 9.47 Å². The van der Waals surface area contributed by atoms with E-state index in [1.807, 2.05) is 0 Å². The van der Waals surface area contributed by atoms with Crippen LogP contribution in [-0.2, 0) is 9.47 Å². The van der Waals surface area contributed by atoms with E-state index in [4.69, 9.17) is 29.2 Å². The molecule has 0 bridgehead atoms. The van der Waals surface area contributed by atoms with Crippen molar-refractivity contribution in [3.05, 3.63) is 59.7 Å². The predicted molar refractivity (Wildman–Crippen MR) is 141 cm³/mol. The Morgan fingerprint density at radius 2 is 0.921 bits per heavy atom. The minimum absolute atomic E-state index is 0.00900. The van der Waals surface area contributed by atoms with E-state index in [0.717, 1.165) is 0 Å². The Labute approximate surface area is 223 Å². The number of rotatable bonds is 16. The number of ketones is 2. The summed E-state index contributed by atoms with van der Waals surface area (Å²) in [6, 6.07) is 13.1. The van der Waals surface area contributed by atoms with E-state index in [1.54, 1.807) is 48.5 Å². The first-order chi connectivity index (χ1) is 17.9. The fourth-order valence-electron chi connectivity index (χ4n) is 2.88. The average molecular weight is 537 g/mol. The number of aliphatic hydroxyl groups is 4. The lowest BCUT2D eigenvalue weighted by Crippen LogP contribution is -2.30. The van der Waals surface area contributed by atoms with Gasteiger partial charge < -0.3 is 39.4 Å². The molecule has 0 amide bonds. The standard InChI is InChI=1S/C16H24O6.C12H16O4/c1-16(2,19)15(18)13-3-5-14(6-4-13)22-12-11-21-10-9-20-8-7-17;1-12(2,15)11(14)9-3-5-10(6-4-9)16-8-7-13/h3-6,17,19H,7-12H2,1-2H3;3-6,13,15H,7-8H2,1-2H3. The van der Waals surface area contributed by atoms with Crippen LogP contribution in [0.4, 0.5) is 0 Å². The van der Waals surface area contributed by atoms with Crippen molar-refractivity contribution in [3.8, 4) is 11.5 Å². The number of aliphatic hydroxyl groups excluding tert-OH is 2. The maximum atomic E-state index is 11.8. The molecule has 0 aliphatic carbocycles. The third kappa shape index (κ3) is 13.1. The highest BCUT2D eigenvalue weighted by molar-refractivity contribution is 6.02. The molecule has 0 radical (unpaired) electrons. The molecule has 38 heavy (non-hydrogen) atoms. The largest absolute Gasteiger partial charge is 0.491 e. The molecule has 4 N–H and O–H groups in total. The van der Waals surface area contributed by atoms with Gasteiger partial charge in [0.05, 0.1) is 39.6 Å². The van der Waals surface area contributed by atoms with Crippen molar-refractivity contribution < 1.29 is 49.0 Å². The predicted octanol–water partition coefficient (Wildman–Crippen LogP) is 2.06. The second-order valence-electron chi connectivity index (χ2n) is 9.19. The summed E-state index contributed by atoms with van der Waals surface area (Å²) in [4.78, 5) is 23.5. The highest BCUT2D eigenvalue weighted by atomic mass is 16.5. The number of carbonyl (C=O) groups is 2. The van der Waals surface area contributed by atoms with Crippen LogP contribution >= 0.6 is 0 Å². The summed E-state index contributed by atoms with van der Waals surface area (Å²) in [6.07, 6.45) is 0. The summed E-state index contributed by atoms with van der Waals surface area (Å²) in [6.45, 7) is 8.01. The minimum Gasteiger partial charge on any atom is -0.491 e. The summed E-state index contributed by atoms with van der Waals surface area (Å²) in [5.41, 5.74) is -1.87. The SMILES string of the molecule is CC(C)(O)C(=O)c1ccc(OCCO)cc1.CC(C)(O)C(=O)c1ccc(OCCOCCOCCO)cc1. The molecular weight excluding hydrogens is 496 g/mol. The zero-order valence-electron chi connectivity index (χ0n) is 22.5. The lowest BCUT2D eigenvalue weighted by molar-refractivity contribution is 0.0247. The van der Waals surface area contributed by atoms with E-state index in [9.17, 15) is 19.8 Å². The average Bonchev–Trinajstić information content (AvgIpc) is 2.88. The lowest BCUT2D eigenvalue weighted by atomic mass is 9.97. The maximum absolute atomic E-state index is 11.8. The van der Waals surface area contributed by atoms with E-state index >= 15 is 0 Å². The molecule has 10 nitrogen and oxygen atoms in total. The summed E-state index contributed by atoms with van der Waals surface area (Å²) in [5, 5.41) is 36.3. The molecule has 2 aromatic carbocycles. The molecule has 0 fully saturated rings. The normalized spacial score (nSPS) is 11.4. The third-order valence-corrected chi connectivity index (χ3v) is 4.81. The van der Waals surface area contributed by atoms with Gasteiger partial charge in [-0.25, -0.2) is 0 Å². The summed E-state index contributed by atoms with van der Waals surface area (Å²) in [7, 11) is 0. The molecule has 0 saturated carbocycles. The molecule has 2 aromatic rings. The first kappa shape index (κ1) is 33.2. The molecule has 0 aliphatic rings. The zero-order valence-corrected chi connectivity index (χ0v) is 22.5. The molecule has 0 atom stereocenters. The molecule has 0 heterocycles. The van der Waals surface area contributed by atoms with Crippen molar-refractivity contribution in [3.63, 3.8) is 0 Å². The highest BCUT2D eigenvalue weighted by Gasteiger charge is 2.25. The van der Waals surface area contributed by atoms with Crippen molar-refractivity contribution in [1.29, 1.82) is 0 Å². The molecule has 0 aromatic heterocycles. The molecule has 0 saturated heterocycles. The lowest BCUT2D eigenvalue weighted by Gasteiger charge is -2.15. The van der Waals surface area contributed by atoms with Crippen LogP contribution in [0.5, 0.6) is 11.5 Å². The van der Waals surface area contributed by atoms with Crippen LogP contribution in [0.1, 0.15) is 48.4 Å². The number of hydrogen-bond donors (Lipinski definition) is 4. The van der Waals surface area contributed by atoms with E-state index in [2.05, 4.69) is 0 Å². The van der Waals surface area contributed by atoms with Gasteiger partial charge in [0, 0.05) is 11.1 Å². The van der Waals surface area contributed by atoms with Crippen LogP contribution in [0, 0.1) is 0 Å². The number of ether oxygens (including phenoxy) is 4. The van der Waals surface area contributed by atoms with Gasteiger partial charge in [0.15, 0.2) is 11.6 Å². The molecule has 212 valence electrons. The van der Waals surface area contributed by atoms with Crippen molar-refractivity contribution in [2.75, 3.05) is 52.9 Å². The summed E-state index contributed by atoms with van der Waals surface area (Å²) < 4.78 is 21.0. The monoisotopic (exact) mass is 536 g/mol. The number of benzene rings is 2. The Kier molecular flexibility index (Phi) is 14.7. The van der Waals surface area contributed by atoms with Crippen LogP contribution in [0.3, 0.4) is 0 Å². The number of hydrogen-bond acceptors (Lipinski definition) is 10. The van der Waals surface area contributed by atoms with Crippen molar-refractivity contribution in [1.82, 2.24) is 0 Å². The molecule has 0 aliphatic heterocycles. The van der Waals surface area contributed by atoms with Gasteiger partial charge in [-0.3, -0.25) is 9.59 Å². The van der Waals surface area contributed by atoms with Gasteiger partial charge in [0.1, 0.15) is 35.9 Å². The maximum Gasteiger partial charge on any atom is 0.193 e. The number of carbonyl (C=O) groups excluding carboxylic acids is 2. The third-order valence-electron chi connectivity index (χ3n) is 4.81. The molecular formula is C28H40O10. The summed E-state index contributed by atoms with van der Waals surface area (Å²) in [5.74, 6) is 0.556. The van der Waals surface area contributed by atoms with Gasteiger partial charge in [-0.1, -0.05) is 0 Å². The smallest absolute Gasteiger partial charge is 0.193 e.